The summed E-state index contributed by atoms with van der Waals surface area (Å²) in [5.74, 6) is -0.141. The Hall–Kier alpha value is -2.55. The molecule has 0 amide bonds. The van der Waals surface area contributed by atoms with E-state index in [1.807, 2.05) is 12.1 Å². The molecule has 0 saturated heterocycles. The number of aliphatic imine (C=N–C) groups is 1. The Bertz CT molecular complexity index is 531. The molecule has 0 aliphatic carbocycles. The van der Waals surface area contributed by atoms with Crippen LogP contribution in [0.2, 0.25) is 0 Å². The molecule has 2 rings (SSSR count). The van der Waals surface area contributed by atoms with E-state index in [1.54, 1.807) is 23.2 Å². The molecule has 2 N–H and O–H groups in total. The normalized spacial score (nSPS) is 15.3. The van der Waals surface area contributed by atoms with Crippen LogP contribution < -0.4 is 0 Å². The number of nitrogens with zero attached hydrogens (tertiary/aromatic N) is 4. The van der Waals surface area contributed by atoms with Gasteiger partial charge in [0.25, 0.3) is 5.88 Å². The molecule has 6 nitrogen and oxygen atoms in total. The Kier molecular flexibility index (Phi) is 3.44. The fourth-order valence-electron chi connectivity index (χ4n) is 1.65. The molecule has 0 radical (unpaired) electrons. The highest BCUT2D eigenvalue weighted by molar-refractivity contribution is 5.98. The maximum atomic E-state index is 9.49. The van der Waals surface area contributed by atoms with E-state index in [0.717, 1.165) is 0 Å². The zero-order valence-electron chi connectivity index (χ0n) is 9.61. The number of hydrogen-bond donors (Lipinski definition) is 2. The third-order valence-electron chi connectivity index (χ3n) is 2.50. The molecule has 18 heavy (non-hydrogen) atoms. The second-order valence-electron chi connectivity index (χ2n) is 3.75. The summed E-state index contributed by atoms with van der Waals surface area (Å²) < 4.78 is 0. The smallest absolute Gasteiger partial charge is 0.253 e. The molecule has 0 spiro atoms. The molecule has 0 aromatic carbocycles. The first kappa shape index (κ1) is 11.9. The van der Waals surface area contributed by atoms with Gasteiger partial charge in [-0.3, -0.25) is 4.98 Å². The van der Waals surface area contributed by atoms with Gasteiger partial charge in [0, 0.05) is 12.7 Å². The van der Waals surface area contributed by atoms with Gasteiger partial charge < -0.3 is 15.1 Å². The minimum Gasteiger partial charge on any atom is -0.506 e. The van der Waals surface area contributed by atoms with E-state index in [9.17, 15) is 10.2 Å². The SMILES string of the molecule is N#CCCN1CC(O)=C(O)N=C1c1ccccn1. The summed E-state index contributed by atoms with van der Waals surface area (Å²) in [5.41, 5.74) is 0.592. The van der Waals surface area contributed by atoms with Gasteiger partial charge in [0.05, 0.1) is 19.0 Å². The first-order chi connectivity index (χ1) is 8.72. The van der Waals surface area contributed by atoms with Gasteiger partial charge in [0.1, 0.15) is 5.69 Å². The predicted octanol–water partition coefficient (Wildman–Crippen LogP) is 1.34. The highest BCUT2D eigenvalue weighted by atomic mass is 16.3. The van der Waals surface area contributed by atoms with Crippen molar-refractivity contribution >= 4 is 5.84 Å². The second-order valence-corrected chi connectivity index (χ2v) is 3.75. The van der Waals surface area contributed by atoms with E-state index in [4.69, 9.17) is 5.26 Å². The predicted molar refractivity (Wildman–Crippen MR) is 64.9 cm³/mol. The lowest BCUT2D eigenvalue weighted by Crippen LogP contribution is -2.37. The number of aromatic nitrogens is 1. The monoisotopic (exact) mass is 244 g/mol. The Labute approximate surface area is 104 Å². The van der Waals surface area contributed by atoms with Crippen molar-refractivity contribution in [2.75, 3.05) is 13.1 Å². The van der Waals surface area contributed by atoms with Gasteiger partial charge >= 0.3 is 0 Å². The lowest BCUT2D eigenvalue weighted by Gasteiger charge is -2.27. The Morgan fingerprint density at radius 1 is 1.39 bits per heavy atom. The third kappa shape index (κ3) is 2.40. The van der Waals surface area contributed by atoms with Crippen LogP contribution in [0.4, 0.5) is 0 Å². The van der Waals surface area contributed by atoms with Crippen LogP contribution in [0.1, 0.15) is 12.1 Å². The van der Waals surface area contributed by atoms with E-state index in [2.05, 4.69) is 9.98 Å². The number of aliphatic hydroxyl groups excluding tert-OH is 2. The van der Waals surface area contributed by atoms with E-state index < -0.39 is 5.88 Å². The van der Waals surface area contributed by atoms with Crippen molar-refractivity contribution in [1.29, 1.82) is 5.26 Å². The number of nitriles is 1. The maximum absolute atomic E-state index is 9.49. The molecule has 92 valence electrons. The molecule has 1 aromatic heterocycles. The number of aliphatic hydroxyl groups is 2. The van der Waals surface area contributed by atoms with Crippen molar-refractivity contribution in [2.24, 2.45) is 4.99 Å². The molecule has 0 unspecified atom stereocenters. The molecule has 0 atom stereocenters. The third-order valence-corrected chi connectivity index (χ3v) is 2.50. The quantitative estimate of drug-likeness (QED) is 0.837. The van der Waals surface area contributed by atoms with Gasteiger partial charge in [-0.15, -0.1) is 0 Å². The molecule has 1 aliphatic rings. The van der Waals surface area contributed by atoms with Crippen molar-refractivity contribution in [2.45, 2.75) is 6.42 Å². The molecule has 0 saturated carbocycles. The highest BCUT2D eigenvalue weighted by Gasteiger charge is 2.23. The zero-order valence-corrected chi connectivity index (χ0v) is 9.61. The molecule has 0 fully saturated rings. The molecule has 1 aliphatic heterocycles. The van der Waals surface area contributed by atoms with Gasteiger partial charge in [-0.2, -0.15) is 10.3 Å². The maximum Gasteiger partial charge on any atom is 0.253 e. The Morgan fingerprint density at radius 3 is 2.89 bits per heavy atom. The van der Waals surface area contributed by atoms with Crippen molar-refractivity contribution in [3.8, 4) is 6.07 Å². The molecule has 1 aromatic rings. The largest absolute Gasteiger partial charge is 0.506 e. The van der Waals surface area contributed by atoms with Crippen LogP contribution in [0.3, 0.4) is 0 Å². The summed E-state index contributed by atoms with van der Waals surface area (Å²) >= 11 is 0. The molecular formula is C12H12N4O2. The van der Waals surface area contributed by atoms with Crippen molar-refractivity contribution < 1.29 is 10.2 Å². The zero-order chi connectivity index (χ0) is 13.0. The average molecular weight is 244 g/mol. The average Bonchev–Trinajstić information content (AvgIpc) is 2.40. The highest BCUT2D eigenvalue weighted by Crippen LogP contribution is 2.15. The van der Waals surface area contributed by atoms with E-state index in [0.29, 0.717) is 24.5 Å². The first-order valence-electron chi connectivity index (χ1n) is 5.45. The second kappa shape index (κ2) is 5.19. The topological polar surface area (TPSA) is 92.7 Å². The van der Waals surface area contributed by atoms with E-state index in [-0.39, 0.29) is 12.3 Å². The van der Waals surface area contributed by atoms with Crippen molar-refractivity contribution in [3.63, 3.8) is 0 Å². The first-order valence-corrected chi connectivity index (χ1v) is 5.45. The summed E-state index contributed by atoms with van der Waals surface area (Å²) in [6.45, 7) is 0.548. The van der Waals surface area contributed by atoms with Crippen LogP contribution in [0.15, 0.2) is 41.0 Å². The van der Waals surface area contributed by atoms with E-state index in [1.165, 1.54) is 0 Å². The minimum atomic E-state index is -0.399. The fraction of sp³-hybridized carbons (Fsp3) is 0.250. The lowest BCUT2D eigenvalue weighted by atomic mass is 10.2. The van der Waals surface area contributed by atoms with Crippen LogP contribution in [-0.4, -0.2) is 39.0 Å². The molecule has 0 bridgehead atoms. The van der Waals surface area contributed by atoms with Crippen molar-refractivity contribution in [1.82, 2.24) is 9.88 Å². The number of rotatable bonds is 3. The fourth-order valence-corrected chi connectivity index (χ4v) is 1.65. The minimum absolute atomic E-state index is 0.128. The van der Waals surface area contributed by atoms with Crippen LogP contribution in [0.25, 0.3) is 0 Å². The summed E-state index contributed by atoms with van der Waals surface area (Å²) in [5, 5.41) is 27.6. The van der Waals surface area contributed by atoms with Crippen LogP contribution >= 0.6 is 0 Å². The summed E-state index contributed by atoms with van der Waals surface area (Å²) in [4.78, 5) is 9.78. The van der Waals surface area contributed by atoms with Gasteiger partial charge in [-0.05, 0) is 12.1 Å². The molecule has 2 heterocycles. The van der Waals surface area contributed by atoms with E-state index >= 15 is 0 Å². The Balaban J connectivity index is 2.33. The van der Waals surface area contributed by atoms with Gasteiger partial charge in [-0.1, -0.05) is 6.07 Å². The van der Waals surface area contributed by atoms with Gasteiger partial charge in [-0.25, -0.2) is 0 Å². The van der Waals surface area contributed by atoms with Gasteiger partial charge in [0.15, 0.2) is 11.6 Å². The number of hydrogen-bond acceptors (Lipinski definition) is 6. The number of pyridine rings is 1. The summed E-state index contributed by atoms with van der Waals surface area (Å²) in [6, 6.07) is 7.38. The van der Waals surface area contributed by atoms with Crippen molar-refractivity contribution in [3.05, 3.63) is 41.7 Å². The molecular weight excluding hydrogens is 232 g/mol. The van der Waals surface area contributed by atoms with Crippen LogP contribution in [0.5, 0.6) is 0 Å². The summed E-state index contributed by atoms with van der Waals surface area (Å²) in [7, 11) is 0. The lowest BCUT2D eigenvalue weighted by molar-refractivity contribution is 0.269. The number of amidine groups is 1. The van der Waals surface area contributed by atoms with Crippen LogP contribution in [-0.2, 0) is 0 Å². The standard InChI is InChI=1S/C12H12N4O2/c13-5-3-7-16-8-10(17)12(18)15-11(16)9-4-1-2-6-14-9/h1-2,4,6,17-18H,3,7-8H2. The van der Waals surface area contributed by atoms with Gasteiger partial charge in [0.2, 0.25) is 0 Å². The molecule has 6 heteroatoms. The summed E-state index contributed by atoms with van der Waals surface area (Å²) in [6.07, 6.45) is 1.93. The van der Waals surface area contributed by atoms with Crippen LogP contribution in [0, 0.1) is 11.3 Å². The Morgan fingerprint density at radius 2 is 2.22 bits per heavy atom.